The van der Waals surface area contributed by atoms with E-state index >= 15 is 0 Å². The van der Waals surface area contributed by atoms with Crippen molar-refractivity contribution in [3.63, 3.8) is 0 Å². The predicted molar refractivity (Wildman–Crippen MR) is 93.5 cm³/mol. The number of Topliss-reactive ketones (excluding diaryl/α,β-unsaturated/α-hetero) is 1. The zero-order valence-electron chi connectivity index (χ0n) is 15.6. The third-order valence-corrected chi connectivity index (χ3v) is 7.23. The molecule has 0 aromatic rings. The van der Waals surface area contributed by atoms with Crippen molar-refractivity contribution in [2.24, 2.45) is 28.6 Å². The number of allylic oxidation sites excluding steroid dienone is 1. The van der Waals surface area contributed by atoms with E-state index in [2.05, 4.69) is 13.0 Å². The highest BCUT2D eigenvalue weighted by molar-refractivity contribution is 5.88. The summed E-state index contributed by atoms with van der Waals surface area (Å²) in [6.07, 6.45) is 4.99. The van der Waals surface area contributed by atoms with Crippen molar-refractivity contribution >= 4 is 11.8 Å². The second kappa shape index (κ2) is 6.62. The van der Waals surface area contributed by atoms with Gasteiger partial charge in [-0.1, -0.05) is 39.3 Å². The van der Waals surface area contributed by atoms with Crippen molar-refractivity contribution < 1.29 is 19.8 Å². The van der Waals surface area contributed by atoms with Gasteiger partial charge < -0.3 is 10.2 Å². The Hall–Kier alpha value is -1.16. The molecule has 0 unspecified atom stereocenters. The molecular formula is C20H32O4. The molecule has 24 heavy (non-hydrogen) atoms. The Morgan fingerprint density at radius 3 is 2.62 bits per heavy atom. The number of ketones is 1. The summed E-state index contributed by atoms with van der Waals surface area (Å²) in [5.41, 5.74) is 0.427. The molecule has 0 saturated heterocycles. The van der Waals surface area contributed by atoms with E-state index in [4.69, 9.17) is 5.11 Å². The minimum Gasteiger partial charge on any atom is -0.481 e. The van der Waals surface area contributed by atoms with Crippen LogP contribution in [0.2, 0.25) is 0 Å². The van der Waals surface area contributed by atoms with Crippen LogP contribution in [0.1, 0.15) is 66.7 Å². The molecule has 2 N–H and O–H groups in total. The molecule has 0 aromatic carbocycles. The Morgan fingerprint density at radius 2 is 2.04 bits per heavy atom. The molecule has 0 aromatic heterocycles. The summed E-state index contributed by atoms with van der Waals surface area (Å²) in [6, 6.07) is 0. The van der Waals surface area contributed by atoms with Crippen molar-refractivity contribution in [1.82, 2.24) is 0 Å². The molecule has 2 aliphatic rings. The summed E-state index contributed by atoms with van der Waals surface area (Å²) >= 11 is 0. The van der Waals surface area contributed by atoms with E-state index in [9.17, 15) is 14.7 Å². The summed E-state index contributed by atoms with van der Waals surface area (Å²) in [4.78, 5) is 23.7. The number of fused-ring (bicyclic) bond motifs is 1. The van der Waals surface area contributed by atoms with Gasteiger partial charge in [-0.25, -0.2) is 0 Å². The van der Waals surface area contributed by atoms with E-state index < -0.39 is 17.5 Å². The summed E-state index contributed by atoms with van der Waals surface area (Å²) in [5, 5.41) is 19.7. The third-order valence-electron chi connectivity index (χ3n) is 7.23. The van der Waals surface area contributed by atoms with Gasteiger partial charge >= 0.3 is 5.97 Å². The van der Waals surface area contributed by atoms with Crippen LogP contribution in [-0.2, 0) is 9.59 Å². The van der Waals surface area contributed by atoms with E-state index in [0.29, 0.717) is 0 Å². The summed E-state index contributed by atoms with van der Waals surface area (Å²) in [5.74, 6) is -0.683. The molecule has 1 saturated carbocycles. The van der Waals surface area contributed by atoms with Crippen molar-refractivity contribution in [3.8, 4) is 0 Å². The highest BCUT2D eigenvalue weighted by Gasteiger charge is 2.60. The van der Waals surface area contributed by atoms with Crippen LogP contribution < -0.4 is 0 Å². The van der Waals surface area contributed by atoms with Gasteiger partial charge in [-0.3, -0.25) is 9.59 Å². The average Bonchev–Trinajstić information content (AvgIpc) is 2.51. The molecule has 0 spiro atoms. The van der Waals surface area contributed by atoms with Crippen molar-refractivity contribution in [3.05, 3.63) is 11.6 Å². The number of carboxylic acid groups (broad SMARTS) is 1. The van der Waals surface area contributed by atoms with E-state index in [0.717, 1.165) is 31.3 Å². The molecule has 0 heterocycles. The molecule has 136 valence electrons. The van der Waals surface area contributed by atoms with E-state index in [1.807, 2.05) is 27.7 Å². The van der Waals surface area contributed by atoms with Gasteiger partial charge in [0.2, 0.25) is 0 Å². The number of aliphatic hydroxyl groups is 1. The Labute approximate surface area is 145 Å². The highest BCUT2D eigenvalue weighted by Crippen LogP contribution is 2.60. The van der Waals surface area contributed by atoms with Gasteiger partial charge in [-0.15, -0.1) is 0 Å². The fourth-order valence-corrected chi connectivity index (χ4v) is 5.19. The van der Waals surface area contributed by atoms with Crippen LogP contribution in [-0.4, -0.2) is 28.1 Å². The number of rotatable bonds is 5. The zero-order chi connectivity index (χ0) is 18.3. The number of hydrogen-bond acceptors (Lipinski definition) is 3. The lowest BCUT2D eigenvalue weighted by Gasteiger charge is -2.59. The van der Waals surface area contributed by atoms with Crippen LogP contribution >= 0.6 is 0 Å². The van der Waals surface area contributed by atoms with Crippen LogP contribution in [0, 0.1) is 28.6 Å². The maximum atomic E-state index is 12.8. The fraction of sp³-hybridized carbons (Fsp3) is 0.800. The number of carbonyl (C=O) groups is 2. The number of hydrogen-bond donors (Lipinski definition) is 2. The Morgan fingerprint density at radius 1 is 1.42 bits per heavy atom. The molecule has 2 rings (SSSR count). The minimum atomic E-state index is -0.932. The van der Waals surface area contributed by atoms with E-state index in [-0.39, 0.29) is 35.4 Å². The quantitative estimate of drug-likeness (QED) is 0.748. The third kappa shape index (κ3) is 2.94. The second-order valence-corrected chi connectivity index (χ2v) is 8.57. The monoisotopic (exact) mass is 336 g/mol. The fourth-order valence-electron chi connectivity index (χ4n) is 5.19. The molecule has 0 radical (unpaired) electrons. The number of carbonyl (C=O) groups excluding carboxylic acids is 1. The average molecular weight is 336 g/mol. The van der Waals surface area contributed by atoms with Gasteiger partial charge in [0.25, 0.3) is 0 Å². The first-order valence-electron chi connectivity index (χ1n) is 9.16. The topological polar surface area (TPSA) is 74.6 Å². The van der Waals surface area contributed by atoms with Crippen LogP contribution in [0.25, 0.3) is 0 Å². The summed E-state index contributed by atoms with van der Waals surface area (Å²) < 4.78 is 0. The molecule has 4 heteroatoms. The second-order valence-electron chi connectivity index (χ2n) is 8.57. The largest absolute Gasteiger partial charge is 0.481 e. The Bertz CT molecular complexity index is 552. The van der Waals surface area contributed by atoms with Gasteiger partial charge in [0.1, 0.15) is 6.10 Å². The number of aliphatic hydroxyl groups excluding tert-OH is 1. The Kier molecular flexibility index (Phi) is 5.29. The van der Waals surface area contributed by atoms with Crippen molar-refractivity contribution in [2.75, 3.05) is 0 Å². The molecule has 1 fully saturated rings. The zero-order valence-corrected chi connectivity index (χ0v) is 15.6. The SMILES string of the molecule is CC1=CCC[C@@H]2[C@@](C)(CC[C@@H](C)CC(=O)O)[C@H](C)C(=O)[C@H](O)[C@@]12C. The van der Waals surface area contributed by atoms with Gasteiger partial charge in [-0.05, 0) is 49.9 Å². The van der Waals surface area contributed by atoms with Gasteiger partial charge in [0.15, 0.2) is 5.78 Å². The Balaban J connectivity index is 2.31. The molecule has 4 nitrogen and oxygen atoms in total. The van der Waals surface area contributed by atoms with Crippen molar-refractivity contribution in [2.45, 2.75) is 72.8 Å². The van der Waals surface area contributed by atoms with Crippen LogP contribution in [0.5, 0.6) is 0 Å². The van der Waals surface area contributed by atoms with Gasteiger partial charge in [0.05, 0.1) is 0 Å². The smallest absolute Gasteiger partial charge is 0.303 e. The first-order chi connectivity index (χ1) is 11.0. The van der Waals surface area contributed by atoms with Crippen LogP contribution in [0.3, 0.4) is 0 Å². The van der Waals surface area contributed by atoms with E-state index in [1.165, 1.54) is 0 Å². The van der Waals surface area contributed by atoms with Crippen LogP contribution in [0.4, 0.5) is 0 Å². The summed E-state index contributed by atoms with van der Waals surface area (Å²) in [7, 11) is 0. The first-order valence-corrected chi connectivity index (χ1v) is 9.16. The van der Waals surface area contributed by atoms with E-state index in [1.54, 1.807) is 0 Å². The summed E-state index contributed by atoms with van der Waals surface area (Å²) in [6.45, 7) is 10.2. The lowest BCUT2D eigenvalue weighted by Crippen LogP contribution is -2.61. The van der Waals surface area contributed by atoms with Crippen molar-refractivity contribution in [1.29, 1.82) is 0 Å². The van der Waals surface area contributed by atoms with Gasteiger partial charge in [0, 0.05) is 17.8 Å². The highest BCUT2D eigenvalue weighted by atomic mass is 16.4. The number of aliphatic carboxylic acids is 1. The molecule has 6 atom stereocenters. The molecule has 2 aliphatic carbocycles. The van der Waals surface area contributed by atoms with Gasteiger partial charge in [-0.2, -0.15) is 0 Å². The normalized spacial score (nSPS) is 40.7. The number of carboxylic acids is 1. The molecule has 0 amide bonds. The predicted octanol–water partition coefficient (Wildman–Crippen LogP) is 3.83. The maximum Gasteiger partial charge on any atom is 0.303 e. The molecular weight excluding hydrogens is 304 g/mol. The lowest BCUT2D eigenvalue weighted by molar-refractivity contribution is -0.165. The lowest BCUT2D eigenvalue weighted by atomic mass is 9.45. The van der Waals surface area contributed by atoms with Crippen LogP contribution in [0.15, 0.2) is 11.6 Å². The molecule has 0 bridgehead atoms. The molecule has 0 aliphatic heterocycles. The maximum absolute atomic E-state index is 12.8. The first kappa shape index (κ1) is 19.2. The standard InChI is InChI=1S/C20H32O4/c1-12(11-16(21)22)9-10-19(4)14(3)17(23)18(24)20(5)13(2)7-6-8-15(19)20/h7,12,14-15,18,24H,6,8-11H2,1-5H3,(H,21,22)/t12-,14-,15-,18+,19+,20+/m1/s1. The minimum absolute atomic E-state index is 0.0585.